The number of carbonyl (C=O) groups excluding carboxylic acids is 2. The van der Waals surface area contributed by atoms with Crippen LogP contribution in [0.5, 0.6) is 0 Å². The quantitative estimate of drug-likeness (QED) is 0.0327. The molecule has 0 saturated heterocycles. The summed E-state index contributed by atoms with van der Waals surface area (Å²) in [5.74, 6) is -0.598. The minimum atomic E-state index is -0.805. The molecule has 0 aromatic heterocycles. The van der Waals surface area contributed by atoms with E-state index in [1.165, 1.54) is 154 Å². The molecule has 6 nitrogen and oxygen atoms in total. The van der Waals surface area contributed by atoms with E-state index in [0.717, 1.165) is 51.4 Å². The van der Waals surface area contributed by atoms with Crippen molar-refractivity contribution < 1.29 is 24.5 Å². The van der Waals surface area contributed by atoms with Gasteiger partial charge in [0.15, 0.2) is 0 Å². The molecule has 0 spiro atoms. The van der Waals surface area contributed by atoms with Gasteiger partial charge in [0.2, 0.25) is 5.91 Å². The van der Waals surface area contributed by atoms with Crippen molar-refractivity contribution in [2.24, 2.45) is 0 Å². The van der Waals surface area contributed by atoms with E-state index in [9.17, 15) is 19.8 Å². The molecule has 0 saturated carbocycles. The fourth-order valence-corrected chi connectivity index (χ4v) is 7.16. The molecule has 318 valence electrons. The number of ether oxygens (including phenoxy) is 1. The molecule has 0 bridgehead atoms. The Kier molecular flexibility index (Phi) is 41.2. The van der Waals surface area contributed by atoms with E-state index in [1.807, 2.05) is 12.2 Å². The summed E-state index contributed by atoms with van der Waals surface area (Å²) in [5.41, 5.74) is 0. The van der Waals surface area contributed by atoms with E-state index < -0.39 is 18.2 Å². The first-order valence-corrected chi connectivity index (χ1v) is 23.6. The van der Waals surface area contributed by atoms with Gasteiger partial charge in [-0.1, -0.05) is 219 Å². The van der Waals surface area contributed by atoms with Crippen molar-refractivity contribution in [2.45, 2.75) is 264 Å². The molecule has 1 amide bonds. The van der Waals surface area contributed by atoms with E-state index in [0.29, 0.717) is 12.8 Å². The van der Waals surface area contributed by atoms with Gasteiger partial charge in [-0.25, -0.2) is 0 Å². The fraction of sp³-hybridized carbons (Fsp3) is 0.875. The number of aliphatic hydroxyl groups is 2. The summed E-state index contributed by atoms with van der Waals surface area (Å²) >= 11 is 0. The number of hydrogen-bond acceptors (Lipinski definition) is 5. The fourth-order valence-electron chi connectivity index (χ4n) is 7.16. The van der Waals surface area contributed by atoms with E-state index in [1.54, 1.807) is 0 Å². The number of nitrogens with one attached hydrogen (secondary N) is 1. The van der Waals surface area contributed by atoms with Gasteiger partial charge in [-0.3, -0.25) is 9.59 Å². The Labute approximate surface area is 335 Å². The maximum absolute atomic E-state index is 13.1. The monoisotopic (exact) mass is 762 g/mol. The lowest BCUT2D eigenvalue weighted by atomic mass is 10.0. The van der Waals surface area contributed by atoms with Crippen LogP contribution in [0, 0.1) is 0 Å². The van der Waals surface area contributed by atoms with Crippen molar-refractivity contribution >= 4 is 11.9 Å². The molecule has 6 heteroatoms. The molecule has 3 atom stereocenters. The number of amides is 1. The Balaban J connectivity index is 4.56. The van der Waals surface area contributed by atoms with Crippen LogP contribution in [-0.2, 0) is 14.3 Å². The molecule has 0 aromatic carbocycles. The largest absolute Gasteiger partial charge is 0.458 e. The molecule has 0 rings (SSSR count). The highest BCUT2D eigenvalue weighted by atomic mass is 16.5. The zero-order valence-corrected chi connectivity index (χ0v) is 36.1. The standard InChI is InChI=1S/C48H91NO5/c1-4-7-10-13-16-19-21-22-23-24-26-29-31-34-37-40-46(51)45(43-50)49-47(52)42-44(39-36-33-30-28-25-20-17-14-11-8-5-2)54-48(53)41-38-35-32-27-18-15-12-9-6-3/h28,30,36,39,44-46,50-51H,4-27,29,31-35,37-38,40-43H2,1-3H3,(H,49,52)/b30-28-,39-36+. The van der Waals surface area contributed by atoms with Gasteiger partial charge in [0.25, 0.3) is 0 Å². The molecule has 0 aliphatic carbocycles. The zero-order valence-electron chi connectivity index (χ0n) is 36.1. The Bertz CT molecular complexity index is 858. The van der Waals surface area contributed by atoms with E-state index in [-0.39, 0.29) is 24.9 Å². The van der Waals surface area contributed by atoms with Crippen LogP contribution >= 0.6 is 0 Å². The molecule has 54 heavy (non-hydrogen) atoms. The van der Waals surface area contributed by atoms with Gasteiger partial charge in [-0.15, -0.1) is 0 Å². The maximum Gasteiger partial charge on any atom is 0.306 e. The lowest BCUT2D eigenvalue weighted by Crippen LogP contribution is -2.46. The van der Waals surface area contributed by atoms with E-state index in [2.05, 4.69) is 38.2 Å². The van der Waals surface area contributed by atoms with Gasteiger partial charge in [-0.05, 0) is 38.2 Å². The van der Waals surface area contributed by atoms with E-state index in [4.69, 9.17) is 4.74 Å². The summed E-state index contributed by atoms with van der Waals surface area (Å²) in [6.07, 6.45) is 47.0. The first-order valence-electron chi connectivity index (χ1n) is 23.6. The summed E-state index contributed by atoms with van der Waals surface area (Å²) in [6.45, 7) is 6.42. The van der Waals surface area contributed by atoms with Gasteiger partial charge in [-0.2, -0.15) is 0 Å². The maximum atomic E-state index is 13.1. The minimum Gasteiger partial charge on any atom is -0.458 e. The number of esters is 1. The molecular weight excluding hydrogens is 671 g/mol. The number of aliphatic hydroxyl groups excluding tert-OH is 2. The third-order valence-electron chi connectivity index (χ3n) is 10.8. The summed E-state index contributed by atoms with van der Waals surface area (Å²) < 4.78 is 5.79. The van der Waals surface area contributed by atoms with Crippen LogP contribution in [0.25, 0.3) is 0 Å². The molecule has 0 aliphatic heterocycles. The van der Waals surface area contributed by atoms with Crippen LogP contribution in [-0.4, -0.2) is 46.9 Å². The van der Waals surface area contributed by atoms with Crippen LogP contribution in [0.1, 0.15) is 245 Å². The minimum absolute atomic E-state index is 0.0242. The van der Waals surface area contributed by atoms with Gasteiger partial charge < -0.3 is 20.3 Å². The van der Waals surface area contributed by atoms with Crippen LogP contribution in [0.3, 0.4) is 0 Å². The number of carbonyl (C=O) groups is 2. The second-order valence-electron chi connectivity index (χ2n) is 16.2. The molecule has 3 unspecified atom stereocenters. The number of hydrogen-bond donors (Lipinski definition) is 3. The predicted octanol–water partition coefficient (Wildman–Crippen LogP) is 13.6. The van der Waals surface area contributed by atoms with Gasteiger partial charge >= 0.3 is 5.97 Å². The average Bonchev–Trinajstić information content (AvgIpc) is 3.16. The number of unbranched alkanes of at least 4 members (excludes halogenated alkanes) is 28. The smallest absolute Gasteiger partial charge is 0.306 e. The Morgan fingerprint density at radius 1 is 0.556 bits per heavy atom. The van der Waals surface area contributed by atoms with Crippen LogP contribution < -0.4 is 5.32 Å². The summed E-state index contributed by atoms with van der Waals surface area (Å²) in [5, 5.41) is 23.6. The zero-order chi connectivity index (χ0) is 39.6. The topological polar surface area (TPSA) is 95.9 Å². The van der Waals surface area contributed by atoms with Crippen LogP contribution in [0.15, 0.2) is 24.3 Å². The van der Waals surface area contributed by atoms with Crippen molar-refractivity contribution in [3.8, 4) is 0 Å². The highest BCUT2D eigenvalue weighted by molar-refractivity contribution is 5.78. The van der Waals surface area contributed by atoms with Gasteiger partial charge in [0.05, 0.1) is 25.2 Å². The molecule has 0 radical (unpaired) electrons. The average molecular weight is 762 g/mol. The Morgan fingerprint density at radius 3 is 1.44 bits per heavy atom. The van der Waals surface area contributed by atoms with Crippen LogP contribution in [0.2, 0.25) is 0 Å². The van der Waals surface area contributed by atoms with Crippen molar-refractivity contribution in [3.63, 3.8) is 0 Å². The molecule has 0 heterocycles. The van der Waals surface area contributed by atoms with Crippen LogP contribution in [0.4, 0.5) is 0 Å². The SMILES string of the molecule is CCCCCCCC/C=C\C/C=C/C(CC(=O)NC(CO)C(O)CCCCCCCCCCCCCCCCC)OC(=O)CCCCCCCCCCC. The lowest BCUT2D eigenvalue weighted by Gasteiger charge is -2.23. The van der Waals surface area contributed by atoms with Crippen molar-refractivity contribution in [1.29, 1.82) is 0 Å². The number of allylic oxidation sites excluding steroid dienone is 3. The van der Waals surface area contributed by atoms with Crippen molar-refractivity contribution in [2.75, 3.05) is 6.61 Å². The highest BCUT2D eigenvalue weighted by Gasteiger charge is 2.23. The summed E-state index contributed by atoms with van der Waals surface area (Å²) in [4.78, 5) is 25.8. The third kappa shape index (κ3) is 37.3. The van der Waals surface area contributed by atoms with E-state index >= 15 is 0 Å². The third-order valence-corrected chi connectivity index (χ3v) is 10.8. The second-order valence-corrected chi connectivity index (χ2v) is 16.2. The van der Waals surface area contributed by atoms with Gasteiger partial charge in [0.1, 0.15) is 6.10 Å². The molecule has 0 aliphatic rings. The predicted molar refractivity (Wildman–Crippen MR) is 232 cm³/mol. The first kappa shape index (κ1) is 52.3. The number of rotatable bonds is 42. The lowest BCUT2D eigenvalue weighted by molar-refractivity contribution is -0.148. The summed E-state index contributed by atoms with van der Waals surface area (Å²) in [7, 11) is 0. The Hall–Kier alpha value is -1.66. The van der Waals surface area contributed by atoms with Crippen molar-refractivity contribution in [1.82, 2.24) is 5.32 Å². The molecule has 3 N–H and O–H groups in total. The molecule has 0 fully saturated rings. The molecule has 0 aromatic rings. The van der Waals surface area contributed by atoms with Crippen molar-refractivity contribution in [3.05, 3.63) is 24.3 Å². The highest BCUT2D eigenvalue weighted by Crippen LogP contribution is 2.16. The molecular formula is C48H91NO5. The second kappa shape index (κ2) is 42.5. The Morgan fingerprint density at radius 2 is 0.981 bits per heavy atom. The summed E-state index contributed by atoms with van der Waals surface area (Å²) in [6, 6.07) is -0.726. The van der Waals surface area contributed by atoms with Gasteiger partial charge in [0, 0.05) is 6.42 Å². The normalized spacial score (nSPS) is 13.5. The first-order chi connectivity index (χ1) is 26.5.